The van der Waals surface area contributed by atoms with Crippen LogP contribution in [0.2, 0.25) is 0 Å². The summed E-state index contributed by atoms with van der Waals surface area (Å²) in [4.78, 5) is 7.35. The van der Waals surface area contributed by atoms with Gasteiger partial charge in [0.1, 0.15) is 5.82 Å². The first-order valence-electron chi connectivity index (χ1n) is 7.72. The monoisotopic (exact) mass is 280 g/mol. The van der Waals surface area contributed by atoms with Gasteiger partial charge in [0.25, 0.3) is 0 Å². The van der Waals surface area contributed by atoms with Gasteiger partial charge in [0, 0.05) is 24.5 Å². The Labute approximate surface area is 124 Å². The van der Waals surface area contributed by atoms with E-state index in [9.17, 15) is 0 Å². The first-order chi connectivity index (χ1) is 10.2. The molecule has 0 spiro atoms. The lowest BCUT2D eigenvalue weighted by atomic mass is 10.00. The molecule has 0 N–H and O–H groups in total. The molecule has 3 aromatic rings. The van der Waals surface area contributed by atoms with E-state index in [0.717, 1.165) is 41.7 Å². The van der Waals surface area contributed by atoms with Gasteiger partial charge in [-0.25, -0.2) is 9.50 Å². The van der Waals surface area contributed by atoms with Crippen molar-refractivity contribution in [3.8, 4) is 0 Å². The number of rotatable bonds is 1. The zero-order valence-corrected chi connectivity index (χ0v) is 12.6. The molecule has 1 atom stereocenters. The molecule has 1 saturated heterocycles. The molecule has 0 amide bonds. The minimum atomic E-state index is 0.738. The van der Waals surface area contributed by atoms with Crippen molar-refractivity contribution < 1.29 is 0 Å². The van der Waals surface area contributed by atoms with Gasteiger partial charge in [0.05, 0.1) is 11.2 Å². The highest BCUT2D eigenvalue weighted by molar-refractivity contribution is 5.91. The maximum Gasteiger partial charge on any atom is 0.158 e. The van der Waals surface area contributed by atoms with Crippen molar-refractivity contribution in [2.75, 3.05) is 18.0 Å². The molecule has 2 aromatic heterocycles. The number of hydrogen-bond acceptors (Lipinski definition) is 3. The molecule has 4 rings (SSSR count). The fourth-order valence-electron chi connectivity index (χ4n) is 3.38. The lowest BCUT2D eigenvalue weighted by Gasteiger charge is -2.32. The maximum atomic E-state index is 4.91. The standard InChI is InChI=1S/C17H20N4/c1-12-6-5-9-20(11-12)17-14-7-3-4-8-15(14)21-16(18-17)10-13(2)19-21/h3-4,7-8,10,12H,5-6,9,11H2,1-2H3/t12-/m0/s1. The summed E-state index contributed by atoms with van der Waals surface area (Å²) in [6, 6.07) is 10.5. The summed E-state index contributed by atoms with van der Waals surface area (Å²) >= 11 is 0. The third kappa shape index (κ3) is 2.06. The molecule has 0 radical (unpaired) electrons. The van der Waals surface area contributed by atoms with Crippen LogP contribution in [-0.2, 0) is 0 Å². The first-order valence-corrected chi connectivity index (χ1v) is 7.72. The van der Waals surface area contributed by atoms with E-state index in [2.05, 4.69) is 47.3 Å². The van der Waals surface area contributed by atoms with E-state index in [1.54, 1.807) is 0 Å². The van der Waals surface area contributed by atoms with Gasteiger partial charge in [0.15, 0.2) is 5.65 Å². The molecule has 0 unspecified atom stereocenters. The van der Waals surface area contributed by atoms with Crippen LogP contribution in [0.4, 0.5) is 5.82 Å². The highest BCUT2D eigenvalue weighted by Crippen LogP contribution is 2.29. The second-order valence-corrected chi connectivity index (χ2v) is 6.20. The van der Waals surface area contributed by atoms with Crippen molar-refractivity contribution in [3.63, 3.8) is 0 Å². The number of aromatic nitrogens is 3. The van der Waals surface area contributed by atoms with Crippen LogP contribution in [0, 0.1) is 12.8 Å². The fourth-order valence-corrected chi connectivity index (χ4v) is 3.38. The van der Waals surface area contributed by atoms with E-state index < -0.39 is 0 Å². The van der Waals surface area contributed by atoms with Crippen LogP contribution in [-0.4, -0.2) is 27.7 Å². The van der Waals surface area contributed by atoms with Gasteiger partial charge in [-0.3, -0.25) is 0 Å². The number of benzene rings is 1. The lowest BCUT2D eigenvalue weighted by Crippen LogP contribution is -2.35. The number of nitrogens with zero attached hydrogens (tertiary/aromatic N) is 4. The minimum absolute atomic E-state index is 0.738. The highest BCUT2D eigenvalue weighted by atomic mass is 15.3. The van der Waals surface area contributed by atoms with Gasteiger partial charge >= 0.3 is 0 Å². The largest absolute Gasteiger partial charge is 0.356 e. The Kier molecular flexibility index (Phi) is 2.84. The summed E-state index contributed by atoms with van der Waals surface area (Å²) in [6.45, 7) is 6.55. The highest BCUT2D eigenvalue weighted by Gasteiger charge is 2.20. The molecule has 0 bridgehead atoms. The zero-order valence-electron chi connectivity index (χ0n) is 12.6. The second-order valence-electron chi connectivity index (χ2n) is 6.20. The van der Waals surface area contributed by atoms with Crippen molar-refractivity contribution >= 4 is 22.4 Å². The second kappa shape index (κ2) is 4.72. The Bertz CT molecular complexity index is 805. The zero-order chi connectivity index (χ0) is 14.4. The minimum Gasteiger partial charge on any atom is -0.356 e. The van der Waals surface area contributed by atoms with Crippen LogP contribution in [0.15, 0.2) is 30.3 Å². The summed E-state index contributed by atoms with van der Waals surface area (Å²) in [5.74, 6) is 1.85. The third-order valence-corrected chi connectivity index (χ3v) is 4.36. The Hall–Kier alpha value is -2.10. The van der Waals surface area contributed by atoms with E-state index >= 15 is 0 Å². The van der Waals surface area contributed by atoms with Gasteiger partial charge in [-0.1, -0.05) is 19.1 Å². The van der Waals surface area contributed by atoms with Crippen LogP contribution in [0.1, 0.15) is 25.5 Å². The van der Waals surface area contributed by atoms with Crippen molar-refractivity contribution in [2.24, 2.45) is 5.92 Å². The fraction of sp³-hybridized carbons (Fsp3) is 0.412. The number of piperidine rings is 1. The lowest BCUT2D eigenvalue weighted by molar-refractivity contribution is 0.445. The normalized spacial score (nSPS) is 19.5. The molecule has 21 heavy (non-hydrogen) atoms. The van der Waals surface area contributed by atoms with Crippen molar-refractivity contribution in [3.05, 3.63) is 36.0 Å². The number of anilines is 1. The third-order valence-electron chi connectivity index (χ3n) is 4.36. The number of hydrogen-bond donors (Lipinski definition) is 0. The van der Waals surface area contributed by atoms with Crippen LogP contribution >= 0.6 is 0 Å². The SMILES string of the molecule is Cc1cc2nc(N3CCC[C@H](C)C3)c3ccccc3n2n1. The van der Waals surface area contributed by atoms with Gasteiger partial charge in [-0.2, -0.15) is 5.10 Å². The van der Waals surface area contributed by atoms with Crippen LogP contribution in [0.5, 0.6) is 0 Å². The number of para-hydroxylation sites is 1. The van der Waals surface area contributed by atoms with Gasteiger partial charge in [0.2, 0.25) is 0 Å². The summed E-state index contributed by atoms with van der Waals surface area (Å²) in [5, 5.41) is 5.77. The molecule has 1 fully saturated rings. The van der Waals surface area contributed by atoms with Crippen molar-refractivity contribution in [1.82, 2.24) is 14.6 Å². The molecule has 4 nitrogen and oxygen atoms in total. The average Bonchev–Trinajstić information content (AvgIpc) is 2.87. The van der Waals surface area contributed by atoms with E-state index in [4.69, 9.17) is 4.98 Å². The van der Waals surface area contributed by atoms with E-state index in [0.29, 0.717) is 0 Å². The summed E-state index contributed by atoms with van der Waals surface area (Å²) in [7, 11) is 0. The van der Waals surface area contributed by atoms with E-state index in [1.165, 1.54) is 18.2 Å². The molecule has 4 heteroatoms. The first kappa shape index (κ1) is 12.6. The molecule has 1 aliphatic rings. The van der Waals surface area contributed by atoms with Crippen LogP contribution in [0.3, 0.4) is 0 Å². The Morgan fingerprint density at radius 1 is 1.24 bits per heavy atom. The van der Waals surface area contributed by atoms with Crippen molar-refractivity contribution in [2.45, 2.75) is 26.7 Å². The van der Waals surface area contributed by atoms with Gasteiger partial charge in [-0.05, 0) is 37.8 Å². The smallest absolute Gasteiger partial charge is 0.158 e. The molecular weight excluding hydrogens is 260 g/mol. The quantitative estimate of drug-likeness (QED) is 0.685. The summed E-state index contributed by atoms with van der Waals surface area (Å²) in [6.07, 6.45) is 2.57. The van der Waals surface area contributed by atoms with E-state index in [1.807, 2.05) is 11.4 Å². The van der Waals surface area contributed by atoms with Gasteiger partial charge in [-0.15, -0.1) is 0 Å². The number of fused-ring (bicyclic) bond motifs is 3. The molecular formula is C17H20N4. The average molecular weight is 280 g/mol. The Morgan fingerprint density at radius 2 is 2.10 bits per heavy atom. The predicted molar refractivity (Wildman–Crippen MR) is 85.8 cm³/mol. The van der Waals surface area contributed by atoms with Crippen LogP contribution < -0.4 is 4.90 Å². The Balaban J connectivity index is 1.97. The van der Waals surface area contributed by atoms with Gasteiger partial charge < -0.3 is 4.90 Å². The molecule has 0 saturated carbocycles. The molecule has 0 aliphatic carbocycles. The predicted octanol–water partition coefficient (Wildman–Crippen LogP) is 3.43. The maximum absolute atomic E-state index is 4.91. The van der Waals surface area contributed by atoms with E-state index in [-0.39, 0.29) is 0 Å². The summed E-state index contributed by atoms with van der Waals surface area (Å²) < 4.78 is 1.96. The topological polar surface area (TPSA) is 33.4 Å². The molecule has 1 aromatic carbocycles. The molecule has 1 aliphatic heterocycles. The van der Waals surface area contributed by atoms with Crippen molar-refractivity contribution in [1.29, 1.82) is 0 Å². The number of aryl methyl sites for hydroxylation is 1. The molecule has 3 heterocycles. The van der Waals surface area contributed by atoms with Crippen LogP contribution in [0.25, 0.3) is 16.6 Å². The molecule has 108 valence electrons. The summed E-state index contributed by atoms with van der Waals surface area (Å²) in [5.41, 5.74) is 3.10. The Morgan fingerprint density at radius 3 is 2.95 bits per heavy atom.